The maximum absolute atomic E-state index is 5.13. The average molecular weight is 125 g/mol. The molecule has 0 aromatic carbocycles. The molecule has 1 aromatic heterocycles. The summed E-state index contributed by atoms with van der Waals surface area (Å²) < 4.78 is 9.92. The highest BCUT2D eigenvalue weighted by Gasteiger charge is 2.13. The minimum Gasteiger partial charge on any atom is -0.464 e. The average Bonchev–Trinajstić information content (AvgIpc) is 2.33. The van der Waals surface area contributed by atoms with E-state index in [1.807, 2.05) is 0 Å². The summed E-state index contributed by atoms with van der Waals surface area (Å²) in [6.07, 6.45) is 3.83. The van der Waals surface area contributed by atoms with Gasteiger partial charge < -0.3 is 9.26 Å². The number of hydrogen-bond donors (Lipinski definition) is 0. The Labute approximate surface area is 52.6 Å². The number of rotatable bonds is 0. The van der Waals surface area contributed by atoms with Gasteiger partial charge in [-0.3, -0.25) is 0 Å². The fraction of sp³-hybridized carbons (Fsp3) is 0.500. The summed E-state index contributed by atoms with van der Waals surface area (Å²) in [6.45, 7) is 0.766. The van der Waals surface area contributed by atoms with Gasteiger partial charge in [-0.05, 0) is 12.8 Å². The van der Waals surface area contributed by atoms with Crippen molar-refractivity contribution in [1.82, 2.24) is 5.16 Å². The smallest absolute Gasteiger partial charge is 0.314 e. The van der Waals surface area contributed by atoms with Crippen molar-refractivity contribution in [3.05, 3.63) is 11.8 Å². The topological polar surface area (TPSA) is 35.3 Å². The molecule has 0 amide bonds. The maximum Gasteiger partial charge on any atom is 0.314 e. The van der Waals surface area contributed by atoms with Gasteiger partial charge in [0.25, 0.3) is 0 Å². The first-order chi connectivity index (χ1) is 4.47. The lowest BCUT2D eigenvalue weighted by Gasteiger charge is -2.08. The zero-order valence-corrected chi connectivity index (χ0v) is 4.96. The summed E-state index contributed by atoms with van der Waals surface area (Å²) in [6, 6.07) is 0. The molecule has 0 unspecified atom stereocenters. The van der Waals surface area contributed by atoms with Crippen LogP contribution in [0.3, 0.4) is 0 Å². The van der Waals surface area contributed by atoms with Crippen molar-refractivity contribution in [2.75, 3.05) is 6.61 Å². The van der Waals surface area contributed by atoms with Crippen molar-refractivity contribution in [3.63, 3.8) is 0 Å². The van der Waals surface area contributed by atoms with Gasteiger partial charge in [-0.1, -0.05) is 5.16 Å². The van der Waals surface area contributed by atoms with Crippen molar-refractivity contribution in [2.45, 2.75) is 12.8 Å². The molecule has 0 saturated carbocycles. The summed E-state index contributed by atoms with van der Waals surface area (Å²) in [5.74, 6) is 0.612. The first-order valence-corrected chi connectivity index (χ1v) is 3.03. The minimum absolute atomic E-state index is 0.612. The van der Waals surface area contributed by atoms with Gasteiger partial charge in [0.05, 0.1) is 18.4 Å². The predicted molar refractivity (Wildman–Crippen MR) is 30.3 cm³/mol. The molecule has 2 heterocycles. The molecule has 0 atom stereocenters. The molecule has 1 aliphatic heterocycles. The fourth-order valence-electron chi connectivity index (χ4n) is 0.962. The lowest BCUT2D eigenvalue weighted by Crippen LogP contribution is -2.05. The number of aromatic nitrogens is 1. The Morgan fingerprint density at radius 3 is 3.44 bits per heavy atom. The van der Waals surface area contributed by atoms with Gasteiger partial charge in [-0.25, -0.2) is 0 Å². The van der Waals surface area contributed by atoms with Crippen molar-refractivity contribution in [1.29, 1.82) is 0 Å². The van der Waals surface area contributed by atoms with E-state index >= 15 is 0 Å². The largest absolute Gasteiger partial charge is 0.464 e. The lowest BCUT2D eigenvalue weighted by atomic mass is 10.2. The summed E-state index contributed by atoms with van der Waals surface area (Å²) in [7, 11) is 0. The zero-order chi connectivity index (χ0) is 6.10. The highest BCUT2D eigenvalue weighted by atomic mass is 16.6. The Kier molecular flexibility index (Phi) is 0.946. The SMILES string of the molecule is c1noc2c1CCCO2. The Morgan fingerprint density at radius 1 is 1.56 bits per heavy atom. The van der Waals surface area contributed by atoms with Crippen LogP contribution in [0.15, 0.2) is 10.7 Å². The van der Waals surface area contributed by atoms with Gasteiger partial charge in [-0.15, -0.1) is 0 Å². The molecule has 0 fully saturated rings. The molecule has 2 rings (SSSR count). The molecule has 3 nitrogen and oxygen atoms in total. The van der Waals surface area contributed by atoms with Crippen molar-refractivity contribution < 1.29 is 9.26 Å². The second-order valence-electron chi connectivity index (χ2n) is 2.09. The summed E-state index contributed by atoms with van der Waals surface area (Å²) in [5.41, 5.74) is 1.10. The summed E-state index contributed by atoms with van der Waals surface area (Å²) >= 11 is 0. The van der Waals surface area contributed by atoms with Gasteiger partial charge in [-0.2, -0.15) is 0 Å². The van der Waals surface area contributed by atoms with E-state index in [9.17, 15) is 0 Å². The molecule has 0 spiro atoms. The van der Waals surface area contributed by atoms with E-state index < -0.39 is 0 Å². The van der Waals surface area contributed by atoms with Crippen molar-refractivity contribution in [2.24, 2.45) is 0 Å². The molecular weight excluding hydrogens is 118 g/mol. The van der Waals surface area contributed by atoms with Crippen LogP contribution < -0.4 is 4.74 Å². The minimum atomic E-state index is 0.612. The number of hydrogen-bond acceptors (Lipinski definition) is 3. The Hall–Kier alpha value is -0.990. The van der Waals surface area contributed by atoms with Crippen molar-refractivity contribution >= 4 is 0 Å². The normalized spacial score (nSPS) is 16.4. The van der Waals surface area contributed by atoms with Gasteiger partial charge in [0.1, 0.15) is 0 Å². The third kappa shape index (κ3) is 0.686. The van der Waals surface area contributed by atoms with Crippen LogP contribution >= 0.6 is 0 Å². The van der Waals surface area contributed by atoms with Crippen LogP contribution in [0.1, 0.15) is 12.0 Å². The van der Waals surface area contributed by atoms with Crippen LogP contribution in [0.4, 0.5) is 0 Å². The van der Waals surface area contributed by atoms with E-state index in [4.69, 9.17) is 9.26 Å². The van der Waals surface area contributed by atoms with Gasteiger partial charge in [0, 0.05) is 0 Å². The molecule has 0 radical (unpaired) electrons. The number of ether oxygens (including phenoxy) is 1. The van der Waals surface area contributed by atoms with Crippen LogP contribution in [0.25, 0.3) is 0 Å². The molecule has 0 N–H and O–H groups in total. The fourth-order valence-corrected chi connectivity index (χ4v) is 0.962. The molecule has 3 heteroatoms. The molecule has 1 aromatic rings. The molecular formula is C6H7NO2. The third-order valence-electron chi connectivity index (χ3n) is 1.43. The van der Waals surface area contributed by atoms with E-state index in [0.29, 0.717) is 5.95 Å². The molecule has 0 saturated heterocycles. The van der Waals surface area contributed by atoms with Crippen LogP contribution in [-0.2, 0) is 6.42 Å². The molecule has 0 aliphatic carbocycles. The quantitative estimate of drug-likeness (QED) is 0.518. The second kappa shape index (κ2) is 1.76. The highest BCUT2D eigenvalue weighted by molar-refractivity contribution is 5.20. The van der Waals surface area contributed by atoms with Crippen molar-refractivity contribution in [3.8, 4) is 5.95 Å². The lowest BCUT2D eigenvalue weighted by molar-refractivity contribution is 0.196. The van der Waals surface area contributed by atoms with E-state index in [2.05, 4.69) is 5.16 Å². The van der Waals surface area contributed by atoms with Crippen LogP contribution in [-0.4, -0.2) is 11.8 Å². The van der Waals surface area contributed by atoms with Crippen LogP contribution in [0.2, 0.25) is 0 Å². The van der Waals surface area contributed by atoms with Crippen LogP contribution in [0, 0.1) is 0 Å². The third-order valence-corrected chi connectivity index (χ3v) is 1.43. The van der Waals surface area contributed by atoms with Crippen LogP contribution in [0.5, 0.6) is 5.95 Å². The predicted octanol–water partition coefficient (Wildman–Crippen LogP) is 1.000. The Morgan fingerprint density at radius 2 is 2.56 bits per heavy atom. The molecule has 9 heavy (non-hydrogen) atoms. The zero-order valence-electron chi connectivity index (χ0n) is 4.96. The Bertz CT molecular complexity index is 186. The molecule has 0 bridgehead atoms. The van der Waals surface area contributed by atoms with E-state index in [-0.39, 0.29) is 0 Å². The first-order valence-electron chi connectivity index (χ1n) is 3.03. The second-order valence-corrected chi connectivity index (χ2v) is 2.09. The molecule has 1 aliphatic rings. The monoisotopic (exact) mass is 125 g/mol. The van der Waals surface area contributed by atoms with E-state index in [1.54, 1.807) is 6.20 Å². The number of fused-ring (bicyclic) bond motifs is 1. The van der Waals surface area contributed by atoms with Gasteiger partial charge in [0.15, 0.2) is 0 Å². The Balaban J connectivity index is 2.39. The number of nitrogens with zero attached hydrogens (tertiary/aromatic N) is 1. The summed E-state index contributed by atoms with van der Waals surface area (Å²) in [4.78, 5) is 0. The van der Waals surface area contributed by atoms with Gasteiger partial charge in [0.2, 0.25) is 0 Å². The van der Waals surface area contributed by atoms with E-state index in [0.717, 1.165) is 25.0 Å². The van der Waals surface area contributed by atoms with E-state index in [1.165, 1.54) is 0 Å². The standard InChI is InChI=1S/C6H7NO2/c1-2-5-4-7-9-6(5)8-3-1/h4H,1-3H2. The summed E-state index contributed by atoms with van der Waals surface area (Å²) in [5, 5.41) is 3.60. The van der Waals surface area contributed by atoms with Gasteiger partial charge >= 0.3 is 5.95 Å². The first kappa shape index (κ1) is 4.85. The molecule has 48 valence electrons. The maximum atomic E-state index is 5.13. The highest BCUT2D eigenvalue weighted by Crippen LogP contribution is 2.22. The number of aryl methyl sites for hydroxylation is 1.